The van der Waals surface area contributed by atoms with Crippen molar-refractivity contribution >= 4 is 23.0 Å². The van der Waals surface area contributed by atoms with Crippen LogP contribution in [-0.2, 0) is 0 Å². The zero-order valence-electron chi connectivity index (χ0n) is 11.1. The zero-order chi connectivity index (χ0) is 13.7. The summed E-state index contributed by atoms with van der Waals surface area (Å²) in [5.41, 5.74) is 4.35. The fraction of sp³-hybridized carbons (Fsp3) is 0.429. The van der Waals surface area contributed by atoms with E-state index in [0.29, 0.717) is 5.11 Å². The fourth-order valence-corrected chi connectivity index (χ4v) is 2.37. The third-order valence-corrected chi connectivity index (χ3v) is 3.61. The van der Waals surface area contributed by atoms with Crippen molar-refractivity contribution in [1.29, 1.82) is 0 Å². The molecule has 1 fully saturated rings. The first-order chi connectivity index (χ1) is 9.18. The molecule has 19 heavy (non-hydrogen) atoms. The van der Waals surface area contributed by atoms with Gasteiger partial charge in [-0.25, -0.2) is 0 Å². The van der Waals surface area contributed by atoms with E-state index in [1.54, 1.807) is 12.1 Å². The monoisotopic (exact) mass is 277 g/mol. The molecule has 0 bridgehead atoms. The van der Waals surface area contributed by atoms with Gasteiger partial charge in [-0.3, -0.25) is 5.43 Å². The quantitative estimate of drug-likeness (QED) is 0.495. The number of hydrogen-bond donors (Lipinski definition) is 2. The highest BCUT2D eigenvalue weighted by molar-refractivity contribution is 7.80. The summed E-state index contributed by atoms with van der Waals surface area (Å²) in [5.74, 6) is 0.231. The lowest BCUT2D eigenvalue weighted by atomic mass is 10.1. The molecule has 2 N–H and O–H groups in total. The van der Waals surface area contributed by atoms with Crippen LogP contribution in [-0.4, -0.2) is 33.9 Å². The van der Waals surface area contributed by atoms with Crippen LogP contribution in [0.5, 0.6) is 5.75 Å². The number of para-hydroxylation sites is 1. The van der Waals surface area contributed by atoms with Gasteiger partial charge in [0, 0.05) is 18.7 Å². The van der Waals surface area contributed by atoms with Crippen LogP contribution in [0.25, 0.3) is 0 Å². The molecule has 0 unspecified atom stereocenters. The van der Waals surface area contributed by atoms with Crippen molar-refractivity contribution in [2.75, 3.05) is 13.1 Å². The maximum atomic E-state index is 9.74. The van der Waals surface area contributed by atoms with Gasteiger partial charge in [0.25, 0.3) is 0 Å². The molecule has 0 saturated carbocycles. The molecule has 1 heterocycles. The van der Waals surface area contributed by atoms with Crippen molar-refractivity contribution in [3.8, 4) is 5.75 Å². The number of piperidine rings is 1. The van der Waals surface area contributed by atoms with Crippen LogP contribution in [0.2, 0.25) is 0 Å². The predicted molar refractivity (Wildman–Crippen MR) is 81.5 cm³/mol. The van der Waals surface area contributed by atoms with Gasteiger partial charge in [-0.15, -0.1) is 0 Å². The number of phenolic OH excluding ortho intramolecular Hbond substituents is 1. The third kappa shape index (κ3) is 3.67. The summed E-state index contributed by atoms with van der Waals surface area (Å²) in [5, 5.41) is 14.7. The van der Waals surface area contributed by atoms with E-state index in [1.807, 2.05) is 19.1 Å². The van der Waals surface area contributed by atoms with Crippen LogP contribution in [0, 0.1) is 0 Å². The second-order valence-electron chi connectivity index (χ2n) is 4.68. The first kappa shape index (κ1) is 13.8. The lowest BCUT2D eigenvalue weighted by molar-refractivity contribution is 0.338. The summed E-state index contributed by atoms with van der Waals surface area (Å²) >= 11 is 5.32. The Balaban J connectivity index is 1.98. The molecule has 1 saturated heterocycles. The number of nitrogens with zero attached hydrogens (tertiary/aromatic N) is 2. The number of rotatable bonds is 2. The van der Waals surface area contributed by atoms with Crippen LogP contribution in [0.4, 0.5) is 0 Å². The summed E-state index contributed by atoms with van der Waals surface area (Å²) < 4.78 is 0. The fourth-order valence-electron chi connectivity index (χ4n) is 2.14. The minimum absolute atomic E-state index is 0.231. The summed E-state index contributed by atoms with van der Waals surface area (Å²) in [6.45, 7) is 3.84. The largest absolute Gasteiger partial charge is 0.507 e. The molecule has 1 aliphatic heterocycles. The minimum Gasteiger partial charge on any atom is -0.507 e. The van der Waals surface area contributed by atoms with Crippen LogP contribution >= 0.6 is 12.2 Å². The van der Waals surface area contributed by atoms with Gasteiger partial charge in [-0.1, -0.05) is 12.1 Å². The summed E-state index contributed by atoms with van der Waals surface area (Å²) in [6, 6.07) is 7.14. The normalized spacial score (nSPS) is 16.3. The highest BCUT2D eigenvalue weighted by atomic mass is 32.1. The molecular weight excluding hydrogens is 258 g/mol. The highest BCUT2D eigenvalue weighted by Crippen LogP contribution is 2.16. The Labute approximate surface area is 119 Å². The lowest BCUT2D eigenvalue weighted by Gasteiger charge is -2.28. The Kier molecular flexibility index (Phi) is 4.74. The maximum Gasteiger partial charge on any atom is 0.189 e. The summed E-state index contributed by atoms with van der Waals surface area (Å²) in [4.78, 5) is 2.14. The minimum atomic E-state index is 0.231. The van der Waals surface area contributed by atoms with Gasteiger partial charge in [0.1, 0.15) is 5.75 Å². The Morgan fingerprint density at radius 1 is 1.26 bits per heavy atom. The second-order valence-corrected chi connectivity index (χ2v) is 5.07. The molecule has 102 valence electrons. The van der Waals surface area contributed by atoms with Crippen molar-refractivity contribution in [3.05, 3.63) is 29.8 Å². The number of phenols is 1. The lowest BCUT2D eigenvalue weighted by Crippen LogP contribution is -2.40. The van der Waals surface area contributed by atoms with Crippen molar-refractivity contribution in [2.45, 2.75) is 26.2 Å². The number of hydrogen-bond acceptors (Lipinski definition) is 3. The van der Waals surface area contributed by atoms with Gasteiger partial charge in [0.15, 0.2) is 5.11 Å². The van der Waals surface area contributed by atoms with Gasteiger partial charge in [0.05, 0.1) is 5.71 Å². The topological polar surface area (TPSA) is 47.9 Å². The van der Waals surface area contributed by atoms with E-state index in [0.717, 1.165) is 24.4 Å². The summed E-state index contributed by atoms with van der Waals surface area (Å²) in [6.07, 6.45) is 3.65. The van der Waals surface area contributed by atoms with E-state index in [9.17, 15) is 5.11 Å². The Hall–Kier alpha value is -1.62. The Bertz CT molecular complexity index is 481. The number of nitrogens with one attached hydrogen (secondary N) is 1. The standard InChI is InChI=1S/C14H19N3OS/c1-11(12-7-3-4-8-13(12)18)15-16-14(19)17-9-5-2-6-10-17/h3-4,7-8,18H,2,5-6,9-10H2,1H3,(H,16,19). The van der Waals surface area contributed by atoms with Gasteiger partial charge < -0.3 is 10.0 Å². The number of benzene rings is 1. The Morgan fingerprint density at radius 2 is 1.95 bits per heavy atom. The number of likely N-dealkylation sites (tertiary alicyclic amines) is 1. The molecule has 1 aromatic carbocycles. The molecule has 2 rings (SSSR count). The molecule has 0 amide bonds. The molecule has 0 aliphatic carbocycles. The molecule has 0 aromatic heterocycles. The van der Waals surface area contributed by atoms with Gasteiger partial charge in [0.2, 0.25) is 0 Å². The van der Waals surface area contributed by atoms with Crippen LogP contribution in [0.3, 0.4) is 0 Å². The maximum absolute atomic E-state index is 9.74. The van der Waals surface area contributed by atoms with E-state index < -0.39 is 0 Å². The van der Waals surface area contributed by atoms with Gasteiger partial charge >= 0.3 is 0 Å². The number of hydrazone groups is 1. The zero-order valence-corrected chi connectivity index (χ0v) is 11.9. The number of aromatic hydroxyl groups is 1. The van der Waals surface area contributed by atoms with Gasteiger partial charge in [-0.05, 0) is 50.5 Å². The molecule has 5 heteroatoms. The van der Waals surface area contributed by atoms with Crippen molar-refractivity contribution in [2.24, 2.45) is 5.10 Å². The number of thiocarbonyl (C=S) groups is 1. The molecule has 4 nitrogen and oxygen atoms in total. The van der Waals surface area contributed by atoms with E-state index in [1.165, 1.54) is 19.3 Å². The van der Waals surface area contributed by atoms with Gasteiger partial charge in [-0.2, -0.15) is 5.10 Å². The second kappa shape index (κ2) is 6.52. The molecule has 1 aliphatic rings. The Morgan fingerprint density at radius 3 is 2.63 bits per heavy atom. The molecule has 0 radical (unpaired) electrons. The van der Waals surface area contributed by atoms with Crippen molar-refractivity contribution < 1.29 is 5.11 Å². The summed E-state index contributed by atoms with van der Waals surface area (Å²) in [7, 11) is 0. The third-order valence-electron chi connectivity index (χ3n) is 3.26. The van der Waals surface area contributed by atoms with E-state index in [2.05, 4.69) is 15.4 Å². The van der Waals surface area contributed by atoms with E-state index in [-0.39, 0.29) is 5.75 Å². The average Bonchev–Trinajstić information content (AvgIpc) is 2.46. The van der Waals surface area contributed by atoms with Crippen LogP contribution < -0.4 is 5.43 Å². The van der Waals surface area contributed by atoms with Crippen LogP contribution in [0.1, 0.15) is 31.7 Å². The molecule has 0 spiro atoms. The first-order valence-electron chi connectivity index (χ1n) is 6.56. The molecule has 1 aromatic rings. The molecule has 0 atom stereocenters. The van der Waals surface area contributed by atoms with E-state index in [4.69, 9.17) is 12.2 Å². The highest BCUT2D eigenvalue weighted by Gasteiger charge is 2.12. The van der Waals surface area contributed by atoms with Crippen LogP contribution in [0.15, 0.2) is 29.4 Å². The first-order valence-corrected chi connectivity index (χ1v) is 6.97. The van der Waals surface area contributed by atoms with Crippen molar-refractivity contribution in [3.63, 3.8) is 0 Å². The van der Waals surface area contributed by atoms with Crippen molar-refractivity contribution in [1.82, 2.24) is 10.3 Å². The molecular formula is C14H19N3OS. The SMILES string of the molecule is CC(=NNC(=S)N1CCCCC1)c1ccccc1O. The predicted octanol–water partition coefficient (Wildman–Crippen LogP) is 2.48. The average molecular weight is 277 g/mol. The smallest absolute Gasteiger partial charge is 0.189 e. The van der Waals surface area contributed by atoms with E-state index >= 15 is 0 Å².